The van der Waals surface area contributed by atoms with E-state index >= 15 is 0 Å². The van der Waals surface area contributed by atoms with Gasteiger partial charge in [-0.3, -0.25) is 9.59 Å². The first-order valence-corrected chi connectivity index (χ1v) is 10.8. The van der Waals surface area contributed by atoms with Gasteiger partial charge in [0.25, 0.3) is 11.8 Å². The van der Waals surface area contributed by atoms with Crippen LogP contribution in [0.25, 0.3) is 10.8 Å². The third kappa shape index (κ3) is 5.28. The van der Waals surface area contributed by atoms with Crippen LogP contribution in [0.1, 0.15) is 31.8 Å². The zero-order valence-electron chi connectivity index (χ0n) is 18.1. The molecule has 0 aliphatic carbocycles. The summed E-state index contributed by atoms with van der Waals surface area (Å²) in [5.41, 5.74) is 3.63. The number of aromatic hydroxyl groups is 1. The number of fused-ring (bicyclic) bond motifs is 1. The lowest BCUT2D eigenvalue weighted by Crippen LogP contribution is -2.24. The van der Waals surface area contributed by atoms with E-state index in [1.54, 1.807) is 36.4 Å². The SMILES string of the molecule is O=C(N/N=C/c1ccc(C(=O)NCc2cccc(F)c2F)c2ccccc12)c1ccc(O)c(Cl)c1. The fourth-order valence-corrected chi connectivity index (χ4v) is 3.64. The van der Waals surface area contributed by atoms with Gasteiger partial charge in [0.1, 0.15) is 5.75 Å². The molecule has 4 aromatic carbocycles. The monoisotopic (exact) mass is 493 g/mol. The van der Waals surface area contributed by atoms with E-state index in [9.17, 15) is 23.5 Å². The average molecular weight is 494 g/mol. The Bertz CT molecular complexity index is 1470. The molecule has 0 atom stereocenters. The van der Waals surface area contributed by atoms with E-state index in [2.05, 4.69) is 15.8 Å². The fourth-order valence-electron chi connectivity index (χ4n) is 3.46. The number of halogens is 3. The zero-order chi connectivity index (χ0) is 24.9. The van der Waals surface area contributed by atoms with Crippen molar-refractivity contribution in [2.45, 2.75) is 6.54 Å². The summed E-state index contributed by atoms with van der Waals surface area (Å²) in [6, 6.07) is 18.2. The quantitative estimate of drug-likeness (QED) is 0.255. The zero-order valence-corrected chi connectivity index (χ0v) is 18.8. The molecule has 0 spiro atoms. The van der Waals surface area contributed by atoms with Crippen LogP contribution >= 0.6 is 11.6 Å². The van der Waals surface area contributed by atoms with Crippen LogP contribution in [0.4, 0.5) is 8.78 Å². The molecule has 0 aliphatic rings. The predicted octanol–water partition coefficient (Wildman–Crippen LogP) is 5.17. The number of phenols is 1. The lowest BCUT2D eigenvalue weighted by atomic mass is 9.99. The number of benzene rings is 4. The van der Waals surface area contributed by atoms with Gasteiger partial charge in [0, 0.05) is 28.8 Å². The van der Waals surface area contributed by atoms with E-state index in [0.29, 0.717) is 21.9 Å². The van der Waals surface area contributed by atoms with Crippen molar-refractivity contribution in [1.29, 1.82) is 0 Å². The Kier molecular flexibility index (Phi) is 7.03. The van der Waals surface area contributed by atoms with Gasteiger partial charge < -0.3 is 10.4 Å². The molecular weight excluding hydrogens is 476 g/mol. The molecule has 0 aliphatic heterocycles. The lowest BCUT2D eigenvalue weighted by molar-refractivity contribution is 0.0945. The second-order valence-corrected chi connectivity index (χ2v) is 7.92. The van der Waals surface area contributed by atoms with E-state index in [0.717, 1.165) is 6.07 Å². The van der Waals surface area contributed by atoms with Crippen LogP contribution in [0.3, 0.4) is 0 Å². The second-order valence-electron chi connectivity index (χ2n) is 7.51. The van der Waals surface area contributed by atoms with E-state index in [1.807, 2.05) is 0 Å². The number of hydrazone groups is 1. The minimum absolute atomic E-state index is 0.0390. The number of rotatable bonds is 6. The number of nitrogens with one attached hydrogen (secondary N) is 2. The summed E-state index contributed by atoms with van der Waals surface area (Å²) < 4.78 is 27.3. The number of nitrogens with zero attached hydrogens (tertiary/aromatic N) is 1. The van der Waals surface area contributed by atoms with Crippen LogP contribution in [-0.2, 0) is 6.54 Å². The Morgan fingerprint density at radius 3 is 2.49 bits per heavy atom. The maximum Gasteiger partial charge on any atom is 0.271 e. The molecule has 176 valence electrons. The molecule has 0 saturated heterocycles. The molecule has 35 heavy (non-hydrogen) atoms. The van der Waals surface area contributed by atoms with Crippen molar-refractivity contribution in [3.8, 4) is 5.75 Å². The molecule has 2 amide bonds. The van der Waals surface area contributed by atoms with Gasteiger partial charge in [0.2, 0.25) is 0 Å². The molecule has 0 aromatic heterocycles. The second kappa shape index (κ2) is 10.3. The summed E-state index contributed by atoms with van der Waals surface area (Å²) in [7, 11) is 0. The lowest BCUT2D eigenvalue weighted by Gasteiger charge is -2.11. The topological polar surface area (TPSA) is 90.8 Å². The van der Waals surface area contributed by atoms with Crippen LogP contribution < -0.4 is 10.7 Å². The smallest absolute Gasteiger partial charge is 0.271 e. The summed E-state index contributed by atoms with van der Waals surface area (Å²) in [4.78, 5) is 25.1. The maximum absolute atomic E-state index is 13.9. The molecule has 0 radical (unpaired) electrons. The van der Waals surface area contributed by atoms with Gasteiger partial charge in [0.15, 0.2) is 11.6 Å². The molecule has 6 nitrogen and oxygen atoms in total. The van der Waals surface area contributed by atoms with E-state index in [4.69, 9.17) is 11.6 Å². The first kappa shape index (κ1) is 23.8. The van der Waals surface area contributed by atoms with Gasteiger partial charge in [0.05, 0.1) is 11.2 Å². The largest absolute Gasteiger partial charge is 0.506 e. The summed E-state index contributed by atoms with van der Waals surface area (Å²) in [6.07, 6.45) is 1.44. The van der Waals surface area contributed by atoms with Crippen molar-refractivity contribution in [3.63, 3.8) is 0 Å². The molecule has 0 heterocycles. The normalized spacial score (nSPS) is 11.1. The van der Waals surface area contributed by atoms with Crippen LogP contribution in [-0.4, -0.2) is 23.1 Å². The highest BCUT2D eigenvalue weighted by Crippen LogP contribution is 2.24. The first-order chi connectivity index (χ1) is 16.8. The van der Waals surface area contributed by atoms with Crippen molar-refractivity contribution in [2.24, 2.45) is 5.10 Å². The van der Waals surface area contributed by atoms with Crippen molar-refractivity contribution in [1.82, 2.24) is 10.7 Å². The number of hydrogen-bond acceptors (Lipinski definition) is 4. The average Bonchev–Trinajstić information content (AvgIpc) is 2.86. The highest BCUT2D eigenvalue weighted by molar-refractivity contribution is 6.32. The summed E-state index contributed by atoms with van der Waals surface area (Å²) in [5.74, 6) is -3.09. The van der Waals surface area contributed by atoms with Gasteiger partial charge in [-0.05, 0) is 41.1 Å². The van der Waals surface area contributed by atoms with Crippen LogP contribution in [0.15, 0.2) is 77.9 Å². The van der Waals surface area contributed by atoms with Crippen molar-refractivity contribution in [2.75, 3.05) is 0 Å². The van der Waals surface area contributed by atoms with Gasteiger partial charge in [-0.15, -0.1) is 0 Å². The summed E-state index contributed by atoms with van der Waals surface area (Å²) in [6.45, 7) is -0.173. The minimum Gasteiger partial charge on any atom is -0.506 e. The molecule has 0 unspecified atom stereocenters. The van der Waals surface area contributed by atoms with Crippen molar-refractivity contribution < 1.29 is 23.5 Å². The Morgan fingerprint density at radius 2 is 1.71 bits per heavy atom. The van der Waals surface area contributed by atoms with Crippen LogP contribution in [0.5, 0.6) is 5.75 Å². The molecule has 0 saturated carbocycles. The van der Waals surface area contributed by atoms with E-state index in [-0.39, 0.29) is 28.4 Å². The van der Waals surface area contributed by atoms with Gasteiger partial charge in [-0.2, -0.15) is 5.10 Å². The molecule has 0 bridgehead atoms. The molecule has 4 rings (SSSR count). The number of carbonyl (C=O) groups is 2. The third-order valence-corrected chi connectivity index (χ3v) is 5.56. The third-order valence-electron chi connectivity index (χ3n) is 5.25. The predicted molar refractivity (Wildman–Crippen MR) is 130 cm³/mol. The van der Waals surface area contributed by atoms with Crippen LogP contribution in [0, 0.1) is 11.6 Å². The summed E-state index contributed by atoms with van der Waals surface area (Å²) in [5, 5.41) is 17.4. The molecule has 9 heteroatoms. The van der Waals surface area contributed by atoms with E-state index in [1.165, 1.54) is 36.5 Å². The van der Waals surface area contributed by atoms with Gasteiger partial charge >= 0.3 is 0 Å². The van der Waals surface area contributed by atoms with E-state index < -0.39 is 23.4 Å². The molecular formula is C26H18ClF2N3O3. The molecule has 4 aromatic rings. The summed E-state index contributed by atoms with van der Waals surface area (Å²) >= 11 is 5.83. The molecule has 3 N–H and O–H groups in total. The molecule has 0 fully saturated rings. The highest BCUT2D eigenvalue weighted by atomic mass is 35.5. The minimum atomic E-state index is -0.999. The number of amides is 2. The Labute approximate surface area is 203 Å². The van der Waals surface area contributed by atoms with Gasteiger partial charge in [-0.1, -0.05) is 54.1 Å². The Morgan fingerprint density at radius 1 is 0.943 bits per heavy atom. The Balaban J connectivity index is 1.52. The van der Waals surface area contributed by atoms with Crippen molar-refractivity contribution in [3.05, 3.63) is 112 Å². The van der Waals surface area contributed by atoms with Gasteiger partial charge in [-0.25, -0.2) is 14.2 Å². The standard InChI is InChI=1S/C26H18ClF2N3O3/c27-21-12-15(9-11-23(21)33)25(34)32-31-14-16-8-10-20(19-6-2-1-5-18(16)19)26(35)30-13-17-4-3-7-22(28)24(17)29/h1-12,14,33H,13H2,(H,30,35)(H,32,34)/b31-14+. The maximum atomic E-state index is 13.9. The number of phenolic OH excluding ortho intramolecular Hbond substituents is 1. The highest BCUT2D eigenvalue weighted by Gasteiger charge is 2.14. The van der Waals surface area contributed by atoms with Crippen molar-refractivity contribution >= 4 is 40.4 Å². The van der Waals surface area contributed by atoms with Crippen LogP contribution in [0.2, 0.25) is 5.02 Å². The Hall–Kier alpha value is -4.30. The first-order valence-electron chi connectivity index (χ1n) is 10.4. The fraction of sp³-hybridized carbons (Fsp3) is 0.0385. The number of hydrogen-bond donors (Lipinski definition) is 3. The number of carbonyl (C=O) groups excluding carboxylic acids is 2.